The first-order chi connectivity index (χ1) is 12.2. The zero-order valence-electron chi connectivity index (χ0n) is 16.2. The lowest BCUT2D eigenvalue weighted by Gasteiger charge is -2.20. The van der Waals surface area contributed by atoms with E-state index in [1.165, 1.54) is 4.90 Å². The number of hydrogen-bond donors (Lipinski definition) is 2. The second-order valence-corrected chi connectivity index (χ2v) is 9.90. The van der Waals surface area contributed by atoms with Crippen molar-refractivity contribution in [2.75, 3.05) is 18.4 Å². The van der Waals surface area contributed by atoms with E-state index in [1.807, 2.05) is 44.2 Å². The summed E-state index contributed by atoms with van der Waals surface area (Å²) in [4.78, 5) is 14.1. The summed E-state index contributed by atoms with van der Waals surface area (Å²) in [6.45, 7) is 10.2. The molecule has 1 amide bonds. The highest BCUT2D eigenvalue weighted by Gasteiger charge is 2.34. The van der Waals surface area contributed by atoms with E-state index < -0.39 is 0 Å². The molecule has 26 heavy (non-hydrogen) atoms. The van der Waals surface area contributed by atoms with Crippen molar-refractivity contribution in [1.82, 2.24) is 15.1 Å². The molecule has 0 radical (unpaired) electrons. The van der Waals surface area contributed by atoms with Gasteiger partial charge in [-0.2, -0.15) is 5.10 Å². The minimum absolute atomic E-state index is 0.0724. The van der Waals surface area contributed by atoms with Crippen molar-refractivity contribution in [3.8, 4) is 0 Å². The Morgan fingerprint density at radius 1 is 1.35 bits per heavy atom. The fourth-order valence-corrected chi connectivity index (χ4v) is 4.43. The Kier molecular flexibility index (Phi) is 5.44. The van der Waals surface area contributed by atoms with E-state index in [2.05, 4.69) is 48.6 Å². The van der Waals surface area contributed by atoms with Gasteiger partial charge in [0.1, 0.15) is 0 Å². The number of benzene rings is 1. The van der Waals surface area contributed by atoms with Crippen molar-refractivity contribution in [3.63, 3.8) is 0 Å². The molecule has 1 saturated heterocycles. The highest BCUT2D eigenvalue weighted by molar-refractivity contribution is 8.00. The molecule has 1 aromatic heterocycles. The maximum Gasteiger partial charge on any atom is 0.229 e. The monoisotopic (exact) mass is 372 g/mol. The molecular weight excluding hydrogens is 344 g/mol. The number of aryl methyl sites for hydroxylation is 2. The Hall–Kier alpha value is -1.79. The fraction of sp³-hybridized carbons (Fsp3) is 0.500. The van der Waals surface area contributed by atoms with E-state index >= 15 is 0 Å². The van der Waals surface area contributed by atoms with E-state index in [4.69, 9.17) is 0 Å². The molecule has 5 nitrogen and oxygen atoms in total. The number of rotatable bonds is 4. The third-order valence-electron chi connectivity index (χ3n) is 4.58. The van der Waals surface area contributed by atoms with Gasteiger partial charge in [0.2, 0.25) is 5.91 Å². The van der Waals surface area contributed by atoms with Gasteiger partial charge < -0.3 is 10.6 Å². The molecule has 0 aliphatic carbocycles. The summed E-state index contributed by atoms with van der Waals surface area (Å²) in [5, 5.41) is 10.7. The number of anilines is 1. The lowest BCUT2D eigenvalue weighted by atomic mass is 9.90. The number of aromatic nitrogens is 2. The smallest absolute Gasteiger partial charge is 0.229 e. The van der Waals surface area contributed by atoms with E-state index in [-0.39, 0.29) is 22.5 Å². The molecule has 2 atom stereocenters. The predicted octanol–water partition coefficient (Wildman–Crippen LogP) is 3.56. The Bertz CT molecular complexity index is 793. The maximum atomic E-state index is 12.9. The van der Waals surface area contributed by atoms with Crippen LogP contribution in [0.25, 0.3) is 0 Å². The van der Waals surface area contributed by atoms with Crippen molar-refractivity contribution in [2.24, 2.45) is 13.0 Å². The molecule has 0 bridgehead atoms. The average molecular weight is 373 g/mol. The lowest BCUT2D eigenvalue weighted by Crippen LogP contribution is -2.28. The third-order valence-corrected chi connectivity index (χ3v) is 5.69. The third kappa shape index (κ3) is 4.48. The van der Waals surface area contributed by atoms with Gasteiger partial charge in [0.05, 0.1) is 12.1 Å². The van der Waals surface area contributed by atoms with Crippen LogP contribution in [0.4, 0.5) is 5.69 Å². The van der Waals surface area contributed by atoms with Crippen molar-refractivity contribution in [2.45, 2.75) is 43.3 Å². The number of hydrogen-bond acceptors (Lipinski definition) is 4. The minimum atomic E-state index is -0.0813. The van der Waals surface area contributed by atoms with Gasteiger partial charge in [-0.1, -0.05) is 20.8 Å². The van der Waals surface area contributed by atoms with Crippen LogP contribution in [-0.2, 0) is 11.8 Å². The first kappa shape index (κ1) is 19.0. The Morgan fingerprint density at radius 2 is 2.12 bits per heavy atom. The highest BCUT2D eigenvalue weighted by atomic mass is 32.2. The zero-order chi connectivity index (χ0) is 18.9. The first-order valence-corrected chi connectivity index (χ1v) is 9.84. The Labute approximate surface area is 159 Å². The Balaban J connectivity index is 1.71. The van der Waals surface area contributed by atoms with E-state index in [0.717, 1.165) is 23.4 Å². The average Bonchev–Trinajstić information content (AvgIpc) is 3.16. The number of carbonyl (C=O) groups is 1. The van der Waals surface area contributed by atoms with Crippen LogP contribution in [-0.4, -0.2) is 33.5 Å². The van der Waals surface area contributed by atoms with Gasteiger partial charge in [-0.25, -0.2) is 0 Å². The van der Waals surface area contributed by atoms with Crippen LogP contribution in [0.5, 0.6) is 0 Å². The molecule has 140 valence electrons. The van der Waals surface area contributed by atoms with Crippen LogP contribution in [0.1, 0.15) is 37.8 Å². The number of carbonyl (C=O) groups excluding carboxylic acids is 1. The largest absolute Gasteiger partial charge is 0.326 e. The van der Waals surface area contributed by atoms with Crippen LogP contribution >= 0.6 is 11.8 Å². The number of thioether (sulfide) groups is 1. The van der Waals surface area contributed by atoms with Gasteiger partial charge in [-0.15, -0.1) is 11.8 Å². The summed E-state index contributed by atoms with van der Waals surface area (Å²) in [5.41, 5.74) is 3.10. The van der Waals surface area contributed by atoms with E-state index in [0.29, 0.717) is 6.54 Å². The molecule has 0 saturated carbocycles. The van der Waals surface area contributed by atoms with Gasteiger partial charge in [0.15, 0.2) is 0 Å². The van der Waals surface area contributed by atoms with E-state index in [9.17, 15) is 4.79 Å². The van der Waals surface area contributed by atoms with E-state index in [1.54, 1.807) is 4.68 Å². The molecule has 1 fully saturated rings. The molecule has 1 aliphatic rings. The summed E-state index contributed by atoms with van der Waals surface area (Å²) >= 11 is 1.84. The fourth-order valence-electron chi connectivity index (χ4n) is 3.35. The zero-order valence-corrected chi connectivity index (χ0v) is 17.0. The SMILES string of the molecule is Cc1cc(SC(C)(C)C)ccc1NC(=O)[C@H]1CNC[C@@H]1c1cnn(C)c1. The topological polar surface area (TPSA) is 59.0 Å². The number of nitrogens with one attached hydrogen (secondary N) is 2. The molecule has 6 heteroatoms. The quantitative estimate of drug-likeness (QED) is 0.806. The minimum Gasteiger partial charge on any atom is -0.326 e. The summed E-state index contributed by atoms with van der Waals surface area (Å²) in [7, 11) is 1.90. The molecule has 2 N–H and O–H groups in total. The van der Waals surface area contributed by atoms with Gasteiger partial charge in [-0.05, 0) is 36.2 Å². The lowest BCUT2D eigenvalue weighted by molar-refractivity contribution is -0.119. The summed E-state index contributed by atoms with van der Waals surface area (Å²) in [6.07, 6.45) is 3.86. The summed E-state index contributed by atoms with van der Waals surface area (Å²) in [5.74, 6) is 0.158. The van der Waals surface area contributed by atoms with Crippen molar-refractivity contribution >= 4 is 23.4 Å². The molecule has 0 spiro atoms. The normalized spacial score (nSPS) is 20.3. The van der Waals surface area contributed by atoms with Crippen LogP contribution in [0, 0.1) is 12.8 Å². The highest BCUT2D eigenvalue weighted by Crippen LogP contribution is 2.34. The number of amides is 1. The van der Waals surface area contributed by atoms with Crippen molar-refractivity contribution in [3.05, 3.63) is 41.7 Å². The standard InChI is InChI=1S/C20H28N4OS/c1-13-8-15(26-20(2,3)4)6-7-18(13)23-19(25)17-11-21-10-16(17)14-9-22-24(5)12-14/h6-9,12,16-17,21H,10-11H2,1-5H3,(H,23,25)/t16-,17+/m1/s1. The number of nitrogens with zero attached hydrogens (tertiary/aromatic N) is 2. The molecule has 1 aromatic carbocycles. The molecule has 2 heterocycles. The van der Waals surface area contributed by atoms with Gasteiger partial charge >= 0.3 is 0 Å². The van der Waals surface area contributed by atoms with Gasteiger partial charge in [0, 0.05) is 47.6 Å². The molecular formula is C20H28N4OS. The van der Waals surface area contributed by atoms with Crippen LogP contribution in [0.15, 0.2) is 35.5 Å². The molecule has 1 aliphatic heterocycles. The first-order valence-electron chi connectivity index (χ1n) is 9.03. The molecule has 3 rings (SSSR count). The summed E-state index contributed by atoms with van der Waals surface area (Å²) in [6, 6.07) is 6.25. The maximum absolute atomic E-state index is 12.9. The summed E-state index contributed by atoms with van der Waals surface area (Å²) < 4.78 is 1.96. The van der Waals surface area contributed by atoms with Crippen LogP contribution in [0.2, 0.25) is 0 Å². The van der Waals surface area contributed by atoms with Crippen LogP contribution in [0.3, 0.4) is 0 Å². The van der Waals surface area contributed by atoms with Crippen molar-refractivity contribution in [1.29, 1.82) is 0 Å². The van der Waals surface area contributed by atoms with Gasteiger partial charge in [-0.3, -0.25) is 9.48 Å². The second kappa shape index (κ2) is 7.45. The van der Waals surface area contributed by atoms with Crippen LogP contribution < -0.4 is 10.6 Å². The Morgan fingerprint density at radius 3 is 2.73 bits per heavy atom. The molecule has 2 aromatic rings. The second-order valence-electron chi connectivity index (χ2n) is 8.00. The van der Waals surface area contributed by atoms with Gasteiger partial charge in [0.25, 0.3) is 0 Å². The molecule has 0 unspecified atom stereocenters. The predicted molar refractivity (Wildman–Crippen MR) is 108 cm³/mol. The van der Waals surface area contributed by atoms with Crippen molar-refractivity contribution < 1.29 is 4.79 Å².